The fourth-order valence-corrected chi connectivity index (χ4v) is 0.569. The highest BCUT2D eigenvalue weighted by molar-refractivity contribution is 5.79. The molecule has 4 nitrogen and oxygen atoms in total. The third kappa shape index (κ3) is 4.85. The van der Waals surface area contributed by atoms with Crippen molar-refractivity contribution in [3.63, 3.8) is 0 Å². The van der Waals surface area contributed by atoms with Gasteiger partial charge in [-0.1, -0.05) is 0 Å². The van der Waals surface area contributed by atoms with Gasteiger partial charge in [0, 0.05) is 13.6 Å². The van der Waals surface area contributed by atoms with Crippen LogP contribution in [-0.2, 0) is 14.3 Å². The maximum atomic E-state index is 11.0. The normalized spacial score (nSPS) is 9.58. The van der Waals surface area contributed by atoms with Gasteiger partial charge in [-0.2, -0.15) is 0 Å². The Morgan fingerprint density at radius 3 is 2.33 bits per heavy atom. The zero-order valence-corrected chi connectivity index (χ0v) is 7.79. The molecular formula is C8H15NO3. The number of nitrogens with zero attached hydrogens (tertiary/aromatic N) is 1. The summed E-state index contributed by atoms with van der Waals surface area (Å²) in [4.78, 5) is 23.0. The largest absolute Gasteiger partial charge is 0.364 e. The van der Waals surface area contributed by atoms with Crippen molar-refractivity contribution < 1.29 is 14.3 Å². The molecule has 0 heterocycles. The average molecular weight is 173 g/mol. The molecule has 0 N–H and O–H groups in total. The maximum Gasteiger partial charge on any atom is 0.248 e. The molecule has 0 aliphatic rings. The Morgan fingerprint density at radius 1 is 1.33 bits per heavy atom. The summed E-state index contributed by atoms with van der Waals surface area (Å²) in [5, 5.41) is 0. The smallest absolute Gasteiger partial charge is 0.248 e. The second kappa shape index (κ2) is 5.71. The Morgan fingerprint density at radius 2 is 1.92 bits per heavy atom. The number of likely N-dealkylation sites (N-methyl/N-ethyl adjacent to an activating group) is 1. The van der Waals surface area contributed by atoms with Crippen LogP contribution in [0.25, 0.3) is 0 Å². The second-order valence-electron chi connectivity index (χ2n) is 2.60. The fraction of sp³-hybridized carbons (Fsp3) is 0.750. The van der Waals surface area contributed by atoms with Gasteiger partial charge in [-0.25, -0.2) is 0 Å². The molecule has 0 aromatic heterocycles. The van der Waals surface area contributed by atoms with Gasteiger partial charge in [0.05, 0.1) is 0 Å². The standard InChI is InChI=1S/C8H15NO3/c1-4-9(3)8(11)6-12-5-7(2)10/h4-6H2,1-3H3. The molecule has 0 radical (unpaired) electrons. The summed E-state index contributed by atoms with van der Waals surface area (Å²) in [5.74, 6) is -0.166. The summed E-state index contributed by atoms with van der Waals surface area (Å²) in [6, 6.07) is 0. The maximum absolute atomic E-state index is 11.0. The molecule has 0 unspecified atom stereocenters. The summed E-state index contributed by atoms with van der Waals surface area (Å²) < 4.78 is 4.84. The van der Waals surface area contributed by atoms with Gasteiger partial charge in [0.25, 0.3) is 0 Å². The van der Waals surface area contributed by atoms with Gasteiger partial charge in [-0.3, -0.25) is 9.59 Å². The summed E-state index contributed by atoms with van der Waals surface area (Å²) in [6.07, 6.45) is 0. The molecule has 0 atom stereocenters. The molecule has 0 saturated heterocycles. The lowest BCUT2D eigenvalue weighted by atomic mass is 10.5. The first kappa shape index (κ1) is 11.1. The zero-order chi connectivity index (χ0) is 9.56. The predicted molar refractivity (Wildman–Crippen MR) is 44.8 cm³/mol. The number of ketones is 1. The van der Waals surface area contributed by atoms with Crippen molar-refractivity contribution in [3.8, 4) is 0 Å². The number of rotatable bonds is 5. The summed E-state index contributed by atoms with van der Waals surface area (Å²) >= 11 is 0. The molecule has 0 aliphatic heterocycles. The van der Waals surface area contributed by atoms with Crippen molar-refractivity contribution in [1.82, 2.24) is 4.90 Å². The van der Waals surface area contributed by atoms with E-state index in [2.05, 4.69) is 0 Å². The van der Waals surface area contributed by atoms with E-state index < -0.39 is 0 Å². The molecule has 0 fully saturated rings. The van der Waals surface area contributed by atoms with Gasteiger partial charge in [0.2, 0.25) is 5.91 Å². The van der Waals surface area contributed by atoms with Crippen LogP contribution in [0.4, 0.5) is 0 Å². The summed E-state index contributed by atoms with van der Waals surface area (Å²) in [7, 11) is 1.69. The van der Waals surface area contributed by atoms with Crippen LogP contribution in [-0.4, -0.2) is 43.4 Å². The quantitative estimate of drug-likeness (QED) is 0.591. The minimum atomic E-state index is -0.0984. The highest BCUT2D eigenvalue weighted by Crippen LogP contribution is 1.85. The topological polar surface area (TPSA) is 46.6 Å². The van der Waals surface area contributed by atoms with Gasteiger partial charge in [0.1, 0.15) is 13.2 Å². The van der Waals surface area contributed by atoms with Crippen LogP contribution in [0.2, 0.25) is 0 Å². The van der Waals surface area contributed by atoms with Crippen molar-refractivity contribution in [2.24, 2.45) is 0 Å². The van der Waals surface area contributed by atoms with Crippen molar-refractivity contribution >= 4 is 11.7 Å². The number of amides is 1. The monoisotopic (exact) mass is 173 g/mol. The van der Waals surface area contributed by atoms with E-state index in [0.29, 0.717) is 6.54 Å². The Balaban J connectivity index is 3.50. The van der Waals surface area contributed by atoms with E-state index in [0.717, 1.165) is 0 Å². The van der Waals surface area contributed by atoms with Gasteiger partial charge >= 0.3 is 0 Å². The molecule has 0 saturated carbocycles. The highest BCUT2D eigenvalue weighted by atomic mass is 16.5. The molecule has 0 bridgehead atoms. The third-order valence-corrected chi connectivity index (χ3v) is 1.43. The Bertz CT molecular complexity index is 168. The van der Waals surface area contributed by atoms with Crippen molar-refractivity contribution in [3.05, 3.63) is 0 Å². The van der Waals surface area contributed by atoms with Gasteiger partial charge in [-0.05, 0) is 13.8 Å². The predicted octanol–water partition coefficient (Wildman–Crippen LogP) is 0.0703. The molecule has 4 heteroatoms. The van der Waals surface area contributed by atoms with Crippen molar-refractivity contribution in [2.45, 2.75) is 13.8 Å². The number of hydrogen-bond donors (Lipinski definition) is 0. The Labute approximate surface area is 72.5 Å². The number of Topliss-reactive ketones (excluding diaryl/α,β-unsaturated/α-hetero) is 1. The Hall–Kier alpha value is -0.900. The molecule has 0 aliphatic carbocycles. The first-order valence-electron chi connectivity index (χ1n) is 3.89. The van der Waals surface area contributed by atoms with Crippen LogP contribution in [0.1, 0.15) is 13.8 Å². The molecule has 0 aromatic rings. The molecular weight excluding hydrogens is 158 g/mol. The van der Waals surface area contributed by atoms with Crippen LogP contribution in [0.15, 0.2) is 0 Å². The summed E-state index contributed by atoms with van der Waals surface area (Å²) in [5.41, 5.74) is 0. The van der Waals surface area contributed by atoms with Gasteiger partial charge < -0.3 is 9.64 Å². The van der Waals surface area contributed by atoms with E-state index in [1.165, 1.54) is 6.92 Å². The first-order chi connectivity index (χ1) is 5.57. The second-order valence-corrected chi connectivity index (χ2v) is 2.60. The van der Waals surface area contributed by atoms with Crippen LogP contribution >= 0.6 is 0 Å². The minimum absolute atomic E-state index is 0.0100. The van der Waals surface area contributed by atoms with E-state index in [-0.39, 0.29) is 24.9 Å². The lowest BCUT2D eigenvalue weighted by Crippen LogP contribution is -2.30. The minimum Gasteiger partial charge on any atom is -0.364 e. The fourth-order valence-electron chi connectivity index (χ4n) is 0.569. The molecule has 0 rings (SSSR count). The van der Waals surface area contributed by atoms with Crippen LogP contribution in [0.3, 0.4) is 0 Å². The molecule has 0 aromatic carbocycles. The lowest BCUT2D eigenvalue weighted by molar-refractivity contribution is -0.136. The summed E-state index contributed by atoms with van der Waals surface area (Å²) in [6.45, 7) is 3.96. The zero-order valence-electron chi connectivity index (χ0n) is 7.79. The van der Waals surface area contributed by atoms with Crippen molar-refractivity contribution in [2.75, 3.05) is 26.8 Å². The molecule has 0 spiro atoms. The van der Waals surface area contributed by atoms with E-state index >= 15 is 0 Å². The molecule has 70 valence electrons. The SMILES string of the molecule is CCN(C)C(=O)COCC(C)=O. The average Bonchev–Trinajstić information content (AvgIpc) is 2.02. The molecule has 12 heavy (non-hydrogen) atoms. The lowest BCUT2D eigenvalue weighted by Gasteiger charge is -2.13. The van der Waals surface area contributed by atoms with Crippen LogP contribution in [0, 0.1) is 0 Å². The van der Waals surface area contributed by atoms with E-state index in [1.807, 2.05) is 6.92 Å². The van der Waals surface area contributed by atoms with Gasteiger partial charge in [-0.15, -0.1) is 0 Å². The first-order valence-corrected chi connectivity index (χ1v) is 3.89. The van der Waals surface area contributed by atoms with E-state index in [4.69, 9.17) is 4.74 Å². The van der Waals surface area contributed by atoms with Crippen LogP contribution < -0.4 is 0 Å². The van der Waals surface area contributed by atoms with E-state index in [1.54, 1.807) is 11.9 Å². The van der Waals surface area contributed by atoms with Crippen molar-refractivity contribution in [1.29, 1.82) is 0 Å². The third-order valence-electron chi connectivity index (χ3n) is 1.43. The number of carbonyl (C=O) groups excluding carboxylic acids is 2. The number of carbonyl (C=O) groups is 2. The molecule has 1 amide bonds. The van der Waals surface area contributed by atoms with Crippen LogP contribution in [0.5, 0.6) is 0 Å². The number of ether oxygens (including phenoxy) is 1. The van der Waals surface area contributed by atoms with Gasteiger partial charge in [0.15, 0.2) is 5.78 Å². The number of hydrogen-bond acceptors (Lipinski definition) is 3. The highest BCUT2D eigenvalue weighted by Gasteiger charge is 2.06. The van der Waals surface area contributed by atoms with E-state index in [9.17, 15) is 9.59 Å². The Kier molecular flexibility index (Phi) is 5.28.